The first-order valence-corrected chi connectivity index (χ1v) is 10.7. The maximum Gasteiger partial charge on any atom is 0.323 e. The van der Waals surface area contributed by atoms with Crippen LogP contribution >= 0.6 is 0 Å². The first-order valence-electron chi connectivity index (χ1n) is 10.7. The van der Waals surface area contributed by atoms with Crippen LogP contribution in [0.15, 0.2) is 54.6 Å². The molecule has 0 aromatic heterocycles. The molecule has 1 atom stereocenters. The van der Waals surface area contributed by atoms with E-state index in [4.69, 9.17) is 5.11 Å². The molecule has 1 aliphatic rings. The number of benzene rings is 3. The van der Waals surface area contributed by atoms with E-state index in [-0.39, 0.29) is 23.6 Å². The van der Waals surface area contributed by atoms with Gasteiger partial charge in [-0.2, -0.15) is 0 Å². The summed E-state index contributed by atoms with van der Waals surface area (Å²) >= 11 is 0. The van der Waals surface area contributed by atoms with Gasteiger partial charge >= 0.3 is 12.0 Å². The number of fused-ring (bicyclic) bond motifs is 1. The first kappa shape index (κ1) is 23.1. The number of urea groups is 1. The van der Waals surface area contributed by atoms with Gasteiger partial charge in [0.1, 0.15) is 11.6 Å². The number of aliphatic carboxylic acids is 1. The fourth-order valence-corrected chi connectivity index (χ4v) is 4.11. The summed E-state index contributed by atoms with van der Waals surface area (Å²) in [6, 6.07) is 12.9. The van der Waals surface area contributed by atoms with Crippen LogP contribution in [0.25, 0.3) is 11.1 Å². The molecule has 4 rings (SSSR count). The van der Waals surface area contributed by atoms with Crippen LogP contribution in [0, 0.1) is 24.5 Å². The summed E-state index contributed by atoms with van der Waals surface area (Å²) in [4.78, 5) is 35.8. The minimum Gasteiger partial charge on any atom is -0.481 e. The molecule has 2 amide bonds. The molecule has 8 heteroatoms. The number of carbonyl (C=O) groups excluding carboxylic acids is 2. The normalized spacial score (nSPS) is 14.9. The van der Waals surface area contributed by atoms with Crippen molar-refractivity contribution in [3.63, 3.8) is 0 Å². The molecule has 6 nitrogen and oxygen atoms in total. The Morgan fingerprint density at radius 1 is 0.941 bits per heavy atom. The zero-order chi connectivity index (χ0) is 24.4. The van der Waals surface area contributed by atoms with Crippen molar-refractivity contribution in [1.82, 2.24) is 0 Å². The Bertz CT molecular complexity index is 1310. The molecular weight excluding hydrogens is 442 g/mol. The molecule has 0 saturated carbocycles. The SMILES string of the molecule is Cc1ccc(F)c(NC(=O)Nc2ccc(-c3ccc4c(c3)CCC(CC(=O)O)C4=O)cc2F)c1. The van der Waals surface area contributed by atoms with Crippen molar-refractivity contribution >= 4 is 29.2 Å². The van der Waals surface area contributed by atoms with Gasteiger partial charge in [0.05, 0.1) is 17.8 Å². The molecule has 0 heterocycles. The van der Waals surface area contributed by atoms with Crippen LogP contribution in [0.1, 0.15) is 34.3 Å². The minimum absolute atomic E-state index is 0.0104. The van der Waals surface area contributed by atoms with Gasteiger partial charge in [0.15, 0.2) is 5.78 Å². The number of rotatable bonds is 5. The summed E-state index contributed by atoms with van der Waals surface area (Å²) in [5, 5.41) is 13.7. The third-order valence-electron chi connectivity index (χ3n) is 5.85. The van der Waals surface area contributed by atoms with Crippen LogP contribution in [0.4, 0.5) is 25.0 Å². The third-order valence-corrected chi connectivity index (χ3v) is 5.85. The zero-order valence-corrected chi connectivity index (χ0v) is 18.3. The molecule has 0 aliphatic heterocycles. The van der Waals surface area contributed by atoms with Gasteiger partial charge in [-0.3, -0.25) is 9.59 Å². The number of ketones is 1. The van der Waals surface area contributed by atoms with Crippen molar-refractivity contribution < 1.29 is 28.3 Å². The van der Waals surface area contributed by atoms with E-state index in [1.54, 1.807) is 37.3 Å². The van der Waals surface area contributed by atoms with Crippen LogP contribution in [-0.2, 0) is 11.2 Å². The van der Waals surface area contributed by atoms with Gasteiger partial charge < -0.3 is 15.7 Å². The number of amides is 2. The van der Waals surface area contributed by atoms with E-state index in [2.05, 4.69) is 10.6 Å². The number of carboxylic acid groups (broad SMARTS) is 1. The summed E-state index contributed by atoms with van der Waals surface area (Å²) in [7, 11) is 0. The van der Waals surface area contributed by atoms with Crippen molar-refractivity contribution in [2.75, 3.05) is 10.6 Å². The molecule has 0 spiro atoms. The number of hydrogen-bond acceptors (Lipinski definition) is 3. The second-order valence-electron chi connectivity index (χ2n) is 8.33. The molecule has 0 fully saturated rings. The molecule has 174 valence electrons. The lowest BCUT2D eigenvalue weighted by Crippen LogP contribution is -2.24. The summed E-state index contributed by atoms with van der Waals surface area (Å²) in [5.41, 5.74) is 3.22. The van der Waals surface area contributed by atoms with Crippen LogP contribution in [-0.4, -0.2) is 22.9 Å². The number of anilines is 2. The quantitative estimate of drug-likeness (QED) is 0.444. The van der Waals surface area contributed by atoms with Gasteiger partial charge in [0.25, 0.3) is 0 Å². The van der Waals surface area contributed by atoms with Gasteiger partial charge in [0.2, 0.25) is 0 Å². The van der Waals surface area contributed by atoms with Crippen molar-refractivity contribution in [3.05, 3.63) is 82.9 Å². The zero-order valence-electron chi connectivity index (χ0n) is 18.3. The second-order valence-corrected chi connectivity index (χ2v) is 8.33. The van der Waals surface area contributed by atoms with Gasteiger partial charge in [-0.1, -0.05) is 30.3 Å². The number of carboxylic acids is 1. The number of halogens is 2. The van der Waals surface area contributed by atoms with Crippen molar-refractivity contribution in [2.24, 2.45) is 5.92 Å². The van der Waals surface area contributed by atoms with Crippen LogP contribution < -0.4 is 10.6 Å². The molecule has 3 aromatic carbocycles. The molecule has 0 bridgehead atoms. The summed E-state index contributed by atoms with van der Waals surface area (Å²) in [6.07, 6.45) is 0.823. The van der Waals surface area contributed by atoms with E-state index < -0.39 is 29.6 Å². The standard InChI is InChI=1S/C26H22F2N2O4/c1-14-2-8-20(27)23(10-14)30-26(34)29-22-9-6-16(12-21(22)28)15-5-7-19-17(11-15)3-4-18(25(19)33)13-24(31)32/h2,5-12,18H,3-4,13H2,1H3,(H,31,32)(H2,29,30,34). The fraction of sp³-hybridized carbons (Fsp3) is 0.192. The Morgan fingerprint density at radius 2 is 1.65 bits per heavy atom. The summed E-state index contributed by atoms with van der Waals surface area (Å²) < 4.78 is 28.6. The molecular formula is C26H22F2N2O4. The lowest BCUT2D eigenvalue weighted by molar-refractivity contribution is -0.137. The van der Waals surface area contributed by atoms with Gasteiger partial charge in [0, 0.05) is 11.5 Å². The lowest BCUT2D eigenvalue weighted by atomic mass is 9.80. The third kappa shape index (κ3) is 4.96. The molecule has 34 heavy (non-hydrogen) atoms. The van der Waals surface area contributed by atoms with E-state index >= 15 is 0 Å². The first-order chi connectivity index (χ1) is 16.2. The van der Waals surface area contributed by atoms with E-state index in [1.807, 2.05) is 0 Å². The van der Waals surface area contributed by atoms with Crippen LogP contribution in [0.3, 0.4) is 0 Å². The van der Waals surface area contributed by atoms with E-state index in [9.17, 15) is 23.2 Å². The smallest absolute Gasteiger partial charge is 0.323 e. The topological polar surface area (TPSA) is 95.5 Å². The largest absolute Gasteiger partial charge is 0.481 e. The number of carbonyl (C=O) groups is 3. The molecule has 1 aliphatic carbocycles. The highest BCUT2D eigenvalue weighted by molar-refractivity contribution is 6.02. The van der Waals surface area contributed by atoms with E-state index in [0.29, 0.717) is 29.5 Å². The highest BCUT2D eigenvalue weighted by Gasteiger charge is 2.29. The van der Waals surface area contributed by atoms with E-state index in [0.717, 1.165) is 11.1 Å². The van der Waals surface area contributed by atoms with Crippen LogP contribution in [0.2, 0.25) is 0 Å². The monoisotopic (exact) mass is 464 g/mol. The highest BCUT2D eigenvalue weighted by Crippen LogP contribution is 2.32. The molecule has 3 aromatic rings. The Hall–Kier alpha value is -4.07. The molecule has 0 saturated heterocycles. The molecule has 0 radical (unpaired) electrons. The van der Waals surface area contributed by atoms with Crippen molar-refractivity contribution in [3.8, 4) is 11.1 Å². The van der Waals surface area contributed by atoms with Gasteiger partial charge in [-0.05, 0) is 66.3 Å². The number of Topliss-reactive ketones (excluding diaryl/α,β-unsaturated/α-hetero) is 1. The maximum atomic E-state index is 14.7. The van der Waals surface area contributed by atoms with Crippen LogP contribution in [0.5, 0.6) is 0 Å². The Labute approximate surface area is 194 Å². The second kappa shape index (κ2) is 9.43. The average molecular weight is 464 g/mol. The Kier molecular flexibility index (Phi) is 6.40. The highest BCUT2D eigenvalue weighted by atomic mass is 19.1. The van der Waals surface area contributed by atoms with E-state index in [1.165, 1.54) is 24.3 Å². The molecule has 3 N–H and O–H groups in total. The average Bonchev–Trinajstić information content (AvgIpc) is 2.79. The van der Waals surface area contributed by atoms with Crippen molar-refractivity contribution in [1.29, 1.82) is 0 Å². The van der Waals surface area contributed by atoms with Gasteiger partial charge in [-0.25, -0.2) is 13.6 Å². The Balaban J connectivity index is 1.49. The lowest BCUT2D eigenvalue weighted by Gasteiger charge is -2.22. The molecule has 1 unspecified atom stereocenters. The predicted molar refractivity (Wildman–Crippen MR) is 124 cm³/mol. The number of nitrogens with one attached hydrogen (secondary N) is 2. The summed E-state index contributed by atoms with van der Waals surface area (Å²) in [6.45, 7) is 1.76. The number of hydrogen-bond donors (Lipinski definition) is 3. The van der Waals surface area contributed by atoms with Gasteiger partial charge in [-0.15, -0.1) is 0 Å². The fourth-order valence-electron chi connectivity index (χ4n) is 4.11. The minimum atomic E-state index is -1.000. The maximum absolute atomic E-state index is 14.7. The predicted octanol–water partition coefficient (Wildman–Crippen LogP) is 5.80. The summed E-state index contributed by atoms with van der Waals surface area (Å²) in [5.74, 6) is -2.99. The Morgan fingerprint density at radius 3 is 2.38 bits per heavy atom. The number of aryl methyl sites for hydroxylation is 2. The van der Waals surface area contributed by atoms with Crippen molar-refractivity contribution in [2.45, 2.75) is 26.2 Å².